The van der Waals surface area contributed by atoms with Crippen LogP contribution in [0.1, 0.15) is 96.8 Å². The van der Waals surface area contributed by atoms with E-state index in [4.69, 9.17) is 4.55 Å². The molecule has 0 spiro atoms. The summed E-state index contributed by atoms with van der Waals surface area (Å²) in [6.07, 6.45) is 17.6. The Hall–Kier alpha value is 0.870. The van der Waals surface area contributed by atoms with Gasteiger partial charge in [-0.1, -0.05) is 90.4 Å². The first-order valence-corrected chi connectivity index (χ1v) is 13.0. The van der Waals surface area contributed by atoms with E-state index in [0.717, 1.165) is 12.8 Å². The number of hydrogen-bond acceptors (Lipinski definition) is 3. The zero-order chi connectivity index (χ0) is 17.8. The minimum atomic E-state index is -4.24. The predicted octanol–water partition coefficient (Wildman–Crippen LogP) is 5.49. The van der Waals surface area contributed by atoms with Crippen molar-refractivity contribution in [1.29, 1.82) is 0 Å². The summed E-state index contributed by atoms with van der Waals surface area (Å²) in [6.45, 7) is 2.35. The zero-order valence-electron chi connectivity index (χ0n) is 15.7. The van der Waals surface area contributed by atoms with E-state index >= 15 is 0 Å². The van der Waals surface area contributed by atoms with E-state index in [1.165, 1.54) is 98.6 Å². The third kappa shape index (κ3) is 28.0. The van der Waals surface area contributed by atoms with Crippen LogP contribution in [-0.4, -0.2) is 47.5 Å². The summed E-state index contributed by atoms with van der Waals surface area (Å²) in [7, 11) is -4.24. The molecule has 1 N–H and O–H groups in total. The van der Waals surface area contributed by atoms with Crippen molar-refractivity contribution in [3.05, 3.63) is 0 Å². The predicted molar refractivity (Wildman–Crippen MR) is 99.4 cm³/mol. The molecule has 0 unspecified atom stereocenters. The molecule has 0 aromatic carbocycles. The van der Waals surface area contributed by atoms with Crippen LogP contribution in [0.3, 0.4) is 0 Å². The first-order valence-electron chi connectivity index (χ1n) is 9.68. The van der Waals surface area contributed by atoms with Gasteiger partial charge < -0.3 is 0 Å². The first-order chi connectivity index (χ1) is 11.1. The molecule has 0 aromatic heterocycles. The molecular weight excluding hydrogens is 323 g/mol. The third-order valence-electron chi connectivity index (χ3n) is 3.73. The topological polar surface area (TPSA) is 63.6 Å². The summed E-state index contributed by atoms with van der Waals surface area (Å²) in [5.74, 6) is 0. The molecule has 4 nitrogen and oxygen atoms in total. The molecule has 0 atom stereocenters. The van der Waals surface area contributed by atoms with E-state index in [1.807, 2.05) is 0 Å². The number of unbranched alkanes of at least 4 members (excludes halogenated alkanes) is 13. The Kier molecular flexibility index (Phi) is 23.7. The average Bonchev–Trinajstić information content (AvgIpc) is 2.52. The quantitative estimate of drug-likeness (QED) is 0.224. The van der Waals surface area contributed by atoms with Gasteiger partial charge in [0.1, 0.15) is 0 Å². The number of hydrogen-bond donors (Lipinski definition) is 1. The Bertz CT molecular complexity index is 308. The van der Waals surface area contributed by atoms with Gasteiger partial charge in [0.05, 0.1) is 6.61 Å². The van der Waals surface area contributed by atoms with Crippen molar-refractivity contribution in [2.45, 2.75) is 101 Å². The van der Waals surface area contributed by atoms with Gasteiger partial charge in [0, 0.05) is 0 Å². The molecule has 0 aliphatic rings. The van der Waals surface area contributed by atoms with E-state index in [0.29, 0.717) is 6.42 Å². The molecule has 0 bridgehead atoms. The van der Waals surface area contributed by atoms with Crippen LogP contribution in [0.2, 0.25) is 4.17 Å². The van der Waals surface area contributed by atoms with Gasteiger partial charge in [0.25, 0.3) is 0 Å². The zero-order valence-corrected chi connectivity index (χ0v) is 18.5. The molecule has 0 aliphatic carbocycles. The van der Waals surface area contributed by atoms with Crippen molar-refractivity contribution in [1.82, 2.24) is 0 Å². The second kappa shape index (κ2) is 20.9. The van der Waals surface area contributed by atoms with Crippen molar-refractivity contribution in [2.75, 3.05) is 6.61 Å². The molecule has 0 aliphatic heterocycles. The van der Waals surface area contributed by atoms with Gasteiger partial charge >= 0.3 is 42.5 Å². The van der Waals surface area contributed by atoms with E-state index < -0.39 is 10.4 Å². The third-order valence-corrected chi connectivity index (χ3v) is 4.19. The maximum atomic E-state index is 10.3. The van der Waals surface area contributed by atoms with Gasteiger partial charge in [-0.3, -0.25) is 4.55 Å². The molecule has 0 rings (SSSR count). The average molecular weight is 361 g/mol. The normalized spacial score (nSPS) is 11.2. The standard InChI is InChI=1S/C16H34O4S.CH3.Na/c1-2-3-4-5-6-7-8-9-10-11-12-13-14-15-16-20-21(17,18)19;;/h2-16H2,1H3,(H,17,18,19);1H3;. The van der Waals surface area contributed by atoms with E-state index in [2.05, 4.69) is 15.3 Å². The van der Waals surface area contributed by atoms with Crippen molar-refractivity contribution in [2.24, 2.45) is 0 Å². The Morgan fingerprint density at radius 3 is 1.30 bits per heavy atom. The van der Waals surface area contributed by atoms with Crippen molar-refractivity contribution >= 4 is 38.3 Å². The molecule has 6 heteroatoms. The van der Waals surface area contributed by atoms with Crippen LogP contribution < -0.4 is 0 Å². The van der Waals surface area contributed by atoms with Crippen LogP contribution in [0.5, 0.6) is 0 Å². The molecule has 0 saturated carbocycles. The van der Waals surface area contributed by atoms with Gasteiger partial charge in [-0.25, -0.2) is 4.18 Å². The summed E-state index contributed by atoms with van der Waals surface area (Å²) < 4.78 is 35.4. The second-order valence-corrected chi connectivity index (χ2v) is 6.94. The fourth-order valence-electron chi connectivity index (χ4n) is 2.46. The van der Waals surface area contributed by atoms with Crippen LogP contribution in [0.25, 0.3) is 0 Å². The Balaban J connectivity index is 0. The second-order valence-electron chi connectivity index (χ2n) is 5.85. The minimum absolute atomic E-state index is 0.0941. The summed E-state index contributed by atoms with van der Waals surface area (Å²) in [4.78, 5) is 0. The molecule has 0 radical (unpaired) electrons. The van der Waals surface area contributed by atoms with E-state index in [1.54, 1.807) is 0 Å². The molecule has 0 amide bonds. The SMILES string of the molecule is CCCCCCCCCCCCCCCCOS(=O)(=O)O.[CH3][Na]. The van der Waals surface area contributed by atoms with E-state index in [-0.39, 0.29) is 6.61 Å². The summed E-state index contributed by atoms with van der Waals surface area (Å²) in [6, 6.07) is 0. The monoisotopic (exact) mass is 360 g/mol. The van der Waals surface area contributed by atoms with Crippen LogP contribution in [-0.2, 0) is 14.6 Å². The Morgan fingerprint density at radius 2 is 1.00 bits per heavy atom. The van der Waals surface area contributed by atoms with Crippen LogP contribution in [0, 0.1) is 0 Å². The molecule has 0 fully saturated rings. The molecule has 0 heterocycles. The summed E-state index contributed by atoms with van der Waals surface area (Å²) >= 11 is 1.31. The molecule has 23 heavy (non-hydrogen) atoms. The molecular formula is C17H37NaO4S. The van der Waals surface area contributed by atoms with Gasteiger partial charge in [-0.15, -0.1) is 0 Å². The number of rotatable bonds is 16. The molecule has 0 aromatic rings. The maximum absolute atomic E-state index is 10.3. The Morgan fingerprint density at radius 1 is 0.696 bits per heavy atom. The fraction of sp³-hybridized carbons (Fsp3) is 1.00. The van der Waals surface area contributed by atoms with E-state index in [9.17, 15) is 8.42 Å². The first kappa shape index (κ1) is 26.1. The van der Waals surface area contributed by atoms with Crippen molar-refractivity contribution < 1.29 is 17.2 Å². The van der Waals surface area contributed by atoms with Gasteiger partial charge in [0.2, 0.25) is 0 Å². The van der Waals surface area contributed by atoms with Crippen molar-refractivity contribution in [3.8, 4) is 0 Å². The van der Waals surface area contributed by atoms with Gasteiger partial charge in [0.15, 0.2) is 0 Å². The summed E-state index contributed by atoms with van der Waals surface area (Å²) in [5.41, 5.74) is 0. The Labute approximate surface area is 162 Å². The fourth-order valence-corrected chi connectivity index (χ4v) is 2.79. The van der Waals surface area contributed by atoms with Gasteiger partial charge in [-0.05, 0) is 6.42 Å². The van der Waals surface area contributed by atoms with Gasteiger partial charge in [-0.2, -0.15) is 8.42 Å². The van der Waals surface area contributed by atoms with Crippen LogP contribution in [0.15, 0.2) is 0 Å². The molecule has 136 valence electrons. The summed E-state index contributed by atoms with van der Waals surface area (Å²) in [5, 5.41) is 0. The van der Waals surface area contributed by atoms with Crippen LogP contribution in [0.4, 0.5) is 0 Å². The van der Waals surface area contributed by atoms with Crippen molar-refractivity contribution in [3.63, 3.8) is 0 Å². The molecule has 0 saturated heterocycles. The van der Waals surface area contributed by atoms with Crippen LogP contribution >= 0.6 is 0 Å².